The number of hydrogen-bond acceptors (Lipinski definition) is 2. The van der Waals surface area contributed by atoms with Crippen molar-refractivity contribution in [3.8, 4) is 0 Å². The number of aromatic nitrogens is 1. The molecule has 4 heteroatoms. The molecule has 0 bridgehead atoms. The first kappa shape index (κ1) is 9.62. The smallest absolute Gasteiger partial charge is 0.0932 e. The van der Waals surface area contributed by atoms with Crippen LogP contribution in [0.2, 0.25) is 4.34 Å². The van der Waals surface area contributed by atoms with Crippen molar-refractivity contribution in [2.45, 2.75) is 13.0 Å². The van der Waals surface area contributed by atoms with Gasteiger partial charge in [-0.3, -0.25) is 4.68 Å². The molecule has 1 unspecified atom stereocenters. The molecule has 0 aromatic carbocycles. The predicted molar refractivity (Wildman–Crippen MR) is 61.5 cm³/mol. The molecule has 0 aliphatic carbocycles. The van der Waals surface area contributed by atoms with Crippen molar-refractivity contribution in [2.75, 3.05) is 5.43 Å². The van der Waals surface area contributed by atoms with Crippen LogP contribution < -0.4 is 5.43 Å². The van der Waals surface area contributed by atoms with Gasteiger partial charge in [-0.2, -0.15) is 0 Å². The van der Waals surface area contributed by atoms with E-state index in [0.717, 1.165) is 4.34 Å². The molecule has 0 saturated carbocycles. The Labute approximate surface area is 92.1 Å². The molecule has 14 heavy (non-hydrogen) atoms. The predicted octanol–water partition coefficient (Wildman–Crippen LogP) is 3.51. The van der Waals surface area contributed by atoms with Crippen molar-refractivity contribution in [1.82, 2.24) is 4.68 Å². The van der Waals surface area contributed by atoms with E-state index in [1.165, 1.54) is 4.88 Å². The molecule has 1 atom stereocenters. The summed E-state index contributed by atoms with van der Waals surface area (Å²) in [6.07, 6.45) is 3.96. The first-order chi connectivity index (χ1) is 6.75. The molecule has 0 saturated heterocycles. The lowest BCUT2D eigenvalue weighted by Crippen LogP contribution is -2.15. The van der Waals surface area contributed by atoms with Crippen LogP contribution in [0.1, 0.15) is 17.8 Å². The summed E-state index contributed by atoms with van der Waals surface area (Å²) in [4.78, 5) is 1.24. The Bertz CT molecular complexity index is 394. The lowest BCUT2D eigenvalue weighted by Gasteiger charge is -2.14. The molecular weight excluding hydrogens is 216 g/mol. The SMILES string of the molecule is CC(Nn1cccc1)c1ccc(Cl)s1. The van der Waals surface area contributed by atoms with Crippen molar-refractivity contribution in [2.24, 2.45) is 0 Å². The highest BCUT2D eigenvalue weighted by Crippen LogP contribution is 2.26. The summed E-state index contributed by atoms with van der Waals surface area (Å²) in [5.74, 6) is 0. The molecule has 0 aliphatic heterocycles. The second-order valence-electron chi connectivity index (χ2n) is 3.08. The molecule has 74 valence electrons. The van der Waals surface area contributed by atoms with Crippen LogP contribution in [0.25, 0.3) is 0 Å². The summed E-state index contributed by atoms with van der Waals surface area (Å²) < 4.78 is 2.78. The van der Waals surface area contributed by atoms with Gasteiger partial charge in [-0.1, -0.05) is 11.6 Å². The lowest BCUT2D eigenvalue weighted by molar-refractivity contribution is 0.739. The van der Waals surface area contributed by atoms with Crippen LogP contribution >= 0.6 is 22.9 Å². The fourth-order valence-corrected chi connectivity index (χ4v) is 2.33. The number of nitrogens with one attached hydrogen (secondary N) is 1. The van der Waals surface area contributed by atoms with E-state index in [0.29, 0.717) is 0 Å². The molecule has 2 rings (SSSR count). The maximum Gasteiger partial charge on any atom is 0.0932 e. The highest BCUT2D eigenvalue weighted by molar-refractivity contribution is 7.16. The maximum absolute atomic E-state index is 5.87. The zero-order valence-corrected chi connectivity index (χ0v) is 9.35. The van der Waals surface area contributed by atoms with Gasteiger partial charge in [-0.05, 0) is 31.2 Å². The van der Waals surface area contributed by atoms with Gasteiger partial charge in [-0.25, -0.2) is 0 Å². The van der Waals surface area contributed by atoms with Crippen molar-refractivity contribution in [3.63, 3.8) is 0 Å². The van der Waals surface area contributed by atoms with E-state index in [4.69, 9.17) is 11.6 Å². The molecule has 0 aliphatic rings. The van der Waals surface area contributed by atoms with Crippen LogP contribution in [-0.4, -0.2) is 4.68 Å². The fourth-order valence-electron chi connectivity index (χ4n) is 1.27. The minimum Gasteiger partial charge on any atom is -0.318 e. The van der Waals surface area contributed by atoms with Crippen LogP contribution in [0, 0.1) is 0 Å². The number of thiophene rings is 1. The van der Waals surface area contributed by atoms with Gasteiger partial charge in [0.1, 0.15) is 0 Å². The second-order valence-corrected chi connectivity index (χ2v) is 4.83. The van der Waals surface area contributed by atoms with Crippen molar-refractivity contribution < 1.29 is 0 Å². The number of hydrogen-bond donors (Lipinski definition) is 1. The molecular formula is C10H11ClN2S. The Morgan fingerprint density at radius 3 is 2.64 bits per heavy atom. The lowest BCUT2D eigenvalue weighted by atomic mass is 10.3. The third-order valence-corrected chi connectivity index (χ3v) is 3.38. The third-order valence-electron chi connectivity index (χ3n) is 1.97. The number of nitrogens with zero attached hydrogens (tertiary/aromatic N) is 1. The summed E-state index contributed by atoms with van der Waals surface area (Å²) >= 11 is 7.48. The normalized spacial score (nSPS) is 12.7. The molecule has 2 heterocycles. The molecule has 0 fully saturated rings. The van der Waals surface area contributed by atoms with E-state index in [1.54, 1.807) is 11.3 Å². The van der Waals surface area contributed by atoms with E-state index in [-0.39, 0.29) is 6.04 Å². The van der Waals surface area contributed by atoms with Gasteiger partial charge in [0.2, 0.25) is 0 Å². The van der Waals surface area contributed by atoms with Crippen molar-refractivity contribution >= 4 is 22.9 Å². The minimum atomic E-state index is 0.278. The van der Waals surface area contributed by atoms with Gasteiger partial charge >= 0.3 is 0 Å². The van der Waals surface area contributed by atoms with Crippen LogP contribution in [0.3, 0.4) is 0 Å². The highest BCUT2D eigenvalue weighted by atomic mass is 35.5. The second kappa shape index (κ2) is 4.07. The van der Waals surface area contributed by atoms with Crippen LogP contribution in [0.4, 0.5) is 0 Å². The van der Waals surface area contributed by atoms with E-state index in [2.05, 4.69) is 12.3 Å². The molecule has 2 nitrogen and oxygen atoms in total. The van der Waals surface area contributed by atoms with Crippen molar-refractivity contribution in [1.29, 1.82) is 0 Å². The number of halogens is 1. The standard InChI is InChI=1S/C10H11ClN2S/c1-8(9-4-5-10(11)14-9)12-13-6-2-3-7-13/h2-8,12H,1H3. The first-order valence-electron chi connectivity index (χ1n) is 4.40. The van der Waals surface area contributed by atoms with E-state index >= 15 is 0 Å². The third kappa shape index (κ3) is 2.11. The minimum absolute atomic E-state index is 0.278. The molecule has 0 radical (unpaired) electrons. The van der Waals surface area contributed by atoms with Gasteiger partial charge in [0.05, 0.1) is 10.4 Å². The monoisotopic (exact) mass is 226 g/mol. The molecule has 0 amide bonds. The highest BCUT2D eigenvalue weighted by Gasteiger charge is 2.06. The van der Waals surface area contributed by atoms with Crippen LogP contribution in [-0.2, 0) is 0 Å². The zero-order valence-electron chi connectivity index (χ0n) is 7.77. The zero-order chi connectivity index (χ0) is 9.97. The van der Waals surface area contributed by atoms with E-state index < -0.39 is 0 Å². The first-order valence-corrected chi connectivity index (χ1v) is 5.60. The molecule has 1 N–H and O–H groups in total. The quantitative estimate of drug-likeness (QED) is 0.848. The van der Waals surface area contributed by atoms with E-state index in [1.807, 2.05) is 41.3 Å². The topological polar surface area (TPSA) is 17.0 Å². The molecule has 0 spiro atoms. The summed E-state index contributed by atoms with van der Waals surface area (Å²) in [6, 6.07) is 8.23. The Hall–Kier alpha value is -0.930. The van der Waals surface area contributed by atoms with Crippen LogP contribution in [0.15, 0.2) is 36.7 Å². The fraction of sp³-hybridized carbons (Fsp3) is 0.200. The van der Waals surface area contributed by atoms with E-state index in [9.17, 15) is 0 Å². The van der Waals surface area contributed by atoms with Gasteiger partial charge in [0, 0.05) is 17.3 Å². The average molecular weight is 227 g/mol. The average Bonchev–Trinajstić information content (AvgIpc) is 2.75. The van der Waals surface area contributed by atoms with Gasteiger partial charge in [0.25, 0.3) is 0 Å². The van der Waals surface area contributed by atoms with Crippen molar-refractivity contribution in [3.05, 3.63) is 45.9 Å². The van der Waals surface area contributed by atoms with Gasteiger partial charge < -0.3 is 5.43 Å². The molecule has 2 aromatic heterocycles. The Morgan fingerprint density at radius 1 is 1.36 bits per heavy atom. The Morgan fingerprint density at radius 2 is 2.07 bits per heavy atom. The summed E-state index contributed by atoms with van der Waals surface area (Å²) in [6.45, 7) is 2.11. The summed E-state index contributed by atoms with van der Waals surface area (Å²) in [5, 5.41) is 0. The maximum atomic E-state index is 5.87. The Kier molecular flexibility index (Phi) is 2.79. The van der Waals surface area contributed by atoms with Gasteiger partial charge in [0.15, 0.2) is 0 Å². The molecule has 2 aromatic rings. The number of rotatable bonds is 3. The summed E-state index contributed by atoms with van der Waals surface area (Å²) in [5.41, 5.74) is 3.32. The van der Waals surface area contributed by atoms with Crippen LogP contribution in [0.5, 0.6) is 0 Å². The van der Waals surface area contributed by atoms with Gasteiger partial charge in [-0.15, -0.1) is 11.3 Å². The Balaban J connectivity index is 2.06. The summed E-state index contributed by atoms with van der Waals surface area (Å²) in [7, 11) is 0. The largest absolute Gasteiger partial charge is 0.318 e.